The van der Waals surface area contributed by atoms with Crippen molar-refractivity contribution < 1.29 is 22.7 Å². The van der Waals surface area contributed by atoms with E-state index in [0.29, 0.717) is 0 Å². The fraction of sp³-hybridized carbons (Fsp3) is 0.308. The van der Waals surface area contributed by atoms with E-state index in [1.54, 1.807) is 6.92 Å². The van der Waals surface area contributed by atoms with Crippen molar-refractivity contribution in [2.75, 3.05) is 13.2 Å². The first-order chi connectivity index (χ1) is 8.93. The van der Waals surface area contributed by atoms with Gasteiger partial charge in [-0.05, 0) is 25.1 Å². The Balaban J connectivity index is 2.61. The number of carbonyl (C=O) groups excluding carboxylic acids is 1. The van der Waals surface area contributed by atoms with Crippen LogP contribution in [0, 0.1) is 11.8 Å². The molecule has 1 N–H and O–H groups in total. The van der Waals surface area contributed by atoms with Crippen molar-refractivity contribution in [1.29, 1.82) is 0 Å². The van der Waals surface area contributed by atoms with Gasteiger partial charge in [0.25, 0.3) is 0 Å². The van der Waals surface area contributed by atoms with Crippen LogP contribution in [-0.4, -0.2) is 19.2 Å². The summed E-state index contributed by atoms with van der Waals surface area (Å²) in [5, 5.41) is 2.34. The number of hydrogen-bond donors (Lipinski definition) is 1. The van der Waals surface area contributed by atoms with E-state index in [1.807, 2.05) is 0 Å². The number of ether oxygens (including phenoxy) is 1. The minimum Gasteiger partial charge on any atom is -0.450 e. The van der Waals surface area contributed by atoms with Crippen LogP contribution >= 0.6 is 0 Å². The Kier molecular flexibility index (Phi) is 5.24. The summed E-state index contributed by atoms with van der Waals surface area (Å²) >= 11 is 0. The molecule has 0 spiro atoms. The lowest BCUT2D eigenvalue weighted by Gasteiger charge is -2.05. The summed E-state index contributed by atoms with van der Waals surface area (Å²) in [7, 11) is 0. The van der Waals surface area contributed by atoms with Gasteiger partial charge in [-0.2, -0.15) is 13.2 Å². The predicted octanol–water partition coefficient (Wildman–Crippen LogP) is 2.80. The normalized spacial score (nSPS) is 10.3. The molecule has 0 heterocycles. The van der Waals surface area contributed by atoms with Crippen molar-refractivity contribution >= 4 is 6.09 Å². The molecule has 3 nitrogen and oxygen atoms in total. The lowest BCUT2D eigenvalue weighted by molar-refractivity contribution is -0.137. The Morgan fingerprint density at radius 3 is 2.79 bits per heavy atom. The second kappa shape index (κ2) is 6.69. The zero-order chi connectivity index (χ0) is 14.3. The third-order valence-electron chi connectivity index (χ3n) is 2.02. The minimum atomic E-state index is -4.39. The van der Waals surface area contributed by atoms with Gasteiger partial charge in [-0.15, -0.1) is 0 Å². The van der Waals surface area contributed by atoms with Crippen LogP contribution in [0.1, 0.15) is 18.1 Å². The molecule has 0 aromatic heterocycles. The van der Waals surface area contributed by atoms with Crippen LogP contribution in [0.4, 0.5) is 18.0 Å². The molecule has 6 heteroatoms. The highest BCUT2D eigenvalue weighted by Gasteiger charge is 2.30. The number of halogens is 3. The maximum absolute atomic E-state index is 12.4. The van der Waals surface area contributed by atoms with Crippen molar-refractivity contribution in [3.8, 4) is 11.8 Å². The van der Waals surface area contributed by atoms with E-state index in [1.165, 1.54) is 12.1 Å². The van der Waals surface area contributed by atoms with E-state index in [9.17, 15) is 18.0 Å². The van der Waals surface area contributed by atoms with Crippen molar-refractivity contribution in [2.24, 2.45) is 0 Å². The fourth-order valence-corrected chi connectivity index (χ4v) is 1.22. The second-order valence-corrected chi connectivity index (χ2v) is 3.45. The first kappa shape index (κ1) is 14.9. The molecule has 0 saturated heterocycles. The third-order valence-corrected chi connectivity index (χ3v) is 2.02. The molecule has 0 aliphatic carbocycles. The molecule has 1 aromatic carbocycles. The summed E-state index contributed by atoms with van der Waals surface area (Å²) in [6.45, 7) is 1.91. The second-order valence-electron chi connectivity index (χ2n) is 3.45. The number of hydrogen-bond acceptors (Lipinski definition) is 2. The lowest BCUT2D eigenvalue weighted by Crippen LogP contribution is -2.24. The third kappa shape index (κ3) is 5.34. The zero-order valence-electron chi connectivity index (χ0n) is 10.2. The quantitative estimate of drug-likeness (QED) is 0.840. The molecular formula is C13H12F3NO2. The van der Waals surface area contributed by atoms with Crippen molar-refractivity contribution in [1.82, 2.24) is 5.32 Å². The molecule has 1 rings (SSSR count). The number of nitrogens with one attached hydrogen (secondary N) is 1. The molecule has 0 unspecified atom stereocenters. The van der Waals surface area contributed by atoms with Gasteiger partial charge in [0.1, 0.15) is 0 Å². The summed E-state index contributed by atoms with van der Waals surface area (Å²) in [5.41, 5.74) is -0.516. The molecule has 1 amide bonds. The molecule has 0 saturated carbocycles. The van der Waals surface area contributed by atoms with Crippen LogP contribution in [0.25, 0.3) is 0 Å². The van der Waals surface area contributed by atoms with Gasteiger partial charge in [0.05, 0.1) is 18.7 Å². The summed E-state index contributed by atoms with van der Waals surface area (Å²) < 4.78 is 41.9. The Labute approximate surface area is 108 Å². The smallest absolute Gasteiger partial charge is 0.416 e. The van der Waals surface area contributed by atoms with Gasteiger partial charge in [0, 0.05) is 5.56 Å². The molecule has 0 aliphatic rings. The van der Waals surface area contributed by atoms with E-state index < -0.39 is 17.8 Å². The number of alkyl halides is 3. The molecule has 0 radical (unpaired) electrons. The van der Waals surface area contributed by atoms with Crippen LogP contribution in [0.15, 0.2) is 24.3 Å². The highest BCUT2D eigenvalue weighted by molar-refractivity contribution is 5.67. The van der Waals surface area contributed by atoms with Gasteiger partial charge in [-0.3, -0.25) is 0 Å². The average Bonchev–Trinajstić information content (AvgIpc) is 2.34. The molecule has 102 valence electrons. The van der Waals surface area contributed by atoms with Crippen LogP contribution in [0.5, 0.6) is 0 Å². The Hall–Kier alpha value is -2.16. The van der Waals surface area contributed by atoms with Gasteiger partial charge in [0.15, 0.2) is 0 Å². The fourth-order valence-electron chi connectivity index (χ4n) is 1.22. The van der Waals surface area contributed by atoms with E-state index >= 15 is 0 Å². The van der Waals surface area contributed by atoms with Crippen LogP contribution < -0.4 is 5.32 Å². The van der Waals surface area contributed by atoms with E-state index in [2.05, 4.69) is 21.9 Å². The van der Waals surface area contributed by atoms with Crippen LogP contribution in [0.3, 0.4) is 0 Å². The van der Waals surface area contributed by atoms with E-state index in [0.717, 1.165) is 12.1 Å². The zero-order valence-corrected chi connectivity index (χ0v) is 10.2. The molecule has 1 aromatic rings. The highest BCUT2D eigenvalue weighted by atomic mass is 19.4. The number of carbonyl (C=O) groups is 1. The molecule has 0 atom stereocenters. The topological polar surface area (TPSA) is 38.3 Å². The average molecular weight is 271 g/mol. The standard InChI is InChI=1S/C13H12F3NO2/c1-2-19-12(18)17-8-4-6-10-5-3-7-11(9-10)13(14,15)16/h3,5,7,9H,2,8H2,1H3,(H,17,18). The Morgan fingerprint density at radius 1 is 1.42 bits per heavy atom. The number of alkyl carbamates (subject to hydrolysis) is 1. The van der Waals surface area contributed by atoms with Gasteiger partial charge in [-0.1, -0.05) is 17.9 Å². The van der Waals surface area contributed by atoms with E-state index in [4.69, 9.17) is 0 Å². The molecule has 0 bridgehead atoms. The number of benzene rings is 1. The summed E-state index contributed by atoms with van der Waals surface area (Å²) in [6.07, 6.45) is -5.00. The lowest BCUT2D eigenvalue weighted by atomic mass is 10.1. The minimum absolute atomic E-state index is 0.00901. The Bertz CT molecular complexity index is 501. The molecular weight excluding hydrogens is 259 g/mol. The first-order valence-corrected chi connectivity index (χ1v) is 5.50. The SMILES string of the molecule is CCOC(=O)NCC#Cc1cccc(C(F)(F)F)c1. The van der Waals surface area contributed by atoms with Gasteiger partial charge >= 0.3 is 12.3 Å². The van der Waals surface area contributed by atoms with Gasteiger partial charge in [0.2, 0.25) is 0 Å². The van der Waals surface area contributed by atoms with E-state index in [-0.39, 0.29) is 18.7 Å². The van der Waals surface area contributed by atoms with Crippen molar-refractivity contribution in [3.63, 3.8) is 0 Å². The maximum Gasteiger partial charge on any atom is 0.416 e. The first-order valence-electron chi connectivity index (χ1n) is 5.50. The largest absolute Gasteiger partial charge is 0.450 e. The number of amides is 1. The van der Waals surface area contributed by atoms with Gasteiger partial charge < -0.3 is 10.1 Å². The summed E-state index contributed by atoms with van der Waals surface area (Å²) in [6, 6.07) is 4.68. The molecule has 0 aliphatic heterocycles. The van der Waals surface area contributed by atoms with Crippen LogP contribution in [-0.2, 0) is 10.9 Å². The number of rotatable bonds is 2. The monoisotopic (exact) mass is 271 g/mol. The molecule has 19 heavy (non-hydrogen) atoms. The summed E-state index contributed by atoms with van der Waals surface area (Å²) in [5.74, 6) is 5.07. The predicted molar refractivity (Wildman–Crippen MR) is 63.3 cm³/mol. The highest BCUT2D eigenvalue weighted by Crippen LogP contribution is 2.29. The molecule has 0 fully saturated rings. The maximum atomic E-state index is 12.4. The van der Waals surface area contributed by atoms with Gasteiger partial charge in [-0.25, -0.2) is 4.79 Å². The summed E-state index contributed by atoms with van der Waals surface area (Å²) in [4.78, 5) is 10.9. The van der Waals surface area contributed by atoms with Crippen molar-refractivity contribution in [2.45, 2.75) is 13.1 Å². The Morgan fingerprint density at radius 2 is 2.16 bits per heavy atom. The van der Waals surface area contributed by atoms with Crippen LogP contribution in [0.2, 0.25) is 0 Å². The van der Waals surface area contributed by atoms with Crippen molar-refractivity contribution in [3.05, 3.63) is 35.4 Å².